The van der Waals surface area contributed by atoms with Crippen molar-refractivity contribution in [3.63, 3.8) is 0 Å². The van der Waals surface area contributed by atoms with Gasteiger partial charge in [0, 0.05) is 52.2 Å². The van der Waals surface area contributed by atoms with Gasteiger partial charge in [-0.05, 0) is 23.1 Å². The number of aliphatic imine (C=N–C) groups is 1. The second-order valence-electron chi connectivity index (χ2n) is 7.30. The maximum Gasteiger partial charge on any atom is 0.191 e. The van der Waals surface area contributed by atoms with Crippen molar-refractivity contribution in [3.8, 4) is 0 Å². The Balaban J connectivity index is 0.00000300. The summed E-state index contributed by atoms with van der Waals surface area (Å²) in [5, 5.41) is 11.2. The minimum absolute atomic E-state index is 0. The quantitative estimate of drug-likeness (QED) is 0.323. The van der Waals surface area contributed by atoms with Crippen LogP contribution < -0.4 is 10.6 Å². The third-order valence-electron chi connectivity index (χ3n) is 4.97. The molecule has 0 aliphatic carbocycles. The average molecular weight is 512 g/mol. The molecule has 0 spiro atoms. The van der Waals surface area contributed by atoms with Gasteiger partial charge in [0.05, 0.1) is 19.8 Å². The Morgan fingerprint density at radius 1 is 1.17 bits per heavy atom. The lowest BCUT2D eigenvalue weighted by atomic mass is 10.1. The van der Waals surface area contributed by atoms with Crippen molar-refractivity contribution in [2.75, 3.05) is 46.4 Å². The molecule has 29 heavy (non-hydrogen) atoms. The maximum absolute atomic E-state index is 5.42. The van der Waals surface area contributed by atoms with E-state index < -0.39 is 0 Å². The highest BCUT2D eigenvalue weighted by Gasteiger charge is 2.14. The zero-order chi connectivity index (χ0) is 19.6. The minimum atomic E-state index is 0. The standard InChI is InChI=1S/C21H32N6O.HI/c1-18(16-26-10-12-28-13-11-26)14-23-21(22-2)24-15-19-6-3-4-7-20(19)17-27-9-5-8-25-27;/h3-9,18H,10-17H2,1-2H3,(H2,22,23,24);1H. The molecule has 2 heterocycles. The van der Waals surface area contributed by atoms with Crippen LogP contribution >= 0.6 is 24.0 Å². The van der Waals surface area contributed by atoms with Crippen LogP contribution in [-0.4, -0.2) is 67.1 Å². The third-order valence-corrected chi connectivity index (χ3v) is 4.97. The van der Waals surface area contributed by atoms with Gasteiger partial charge in [-0.1, -0.05) is 31.2 Å². The highest BCUT2D eigenvalue weighted by molar-refractivity contribution is 14.0. The number of nitrogens with one attached hydrogen (secondary N) is 2. The van der Waals surface area contributed by atoms with Gasteiger partial charge in [0.15, 0.2) is 5.96 Å². The van der Waals surface area contributed by atoms with Gasteiger partial charge < -0.3 is 15.4 Å². The van der Waals surface area contributed by atoms with Crippen LogP contribution in [0.5, 0.6) is 0 Å². The molecule has 7 nitrogen and oxygen atoms in total. The molecular formula is C21H33IN6O. The molecule has 0 radical (unpaired) electrons. The number of ether oxygens (including phenoxy) is 1. The highest BCUT2D eigenvalue weighted by atomic mass is 127. The molecule has 2 N–H and O–H groups in total. The van der Waals surface area contributed by atoms with Crippen LogP contribution in [-0.2, 0) is 17.8 Å². The molecule has 1 aromatic carbocycles. The Morgan fingerprint density at radius 3 is 2.62 bits per heavy atom. The summed E-state index contributed by atoms with van der Waals surface area (Å²) in [6.07, 6.45) is 3.80. The SMILES string of the molecule is CN=C(NCc1ccccc1Cn1cccn1)NCC(C)CN1CCOCC1.I. The van der Waals surface area contributed by atoms with Crippen molar-refractivity contribution in [1.29, 1.82) is 0 Å². The molecule has 0 bridgehead atoms. The fraction of sp³-hybridized carbons (Fsp3) is 0.524. The lowest BCUT2D eigenvalue weighted by Gasteiger charge is -2.29. The van der Waals surface area contributed by atoms with Crippen LogP contribution in [0.15, 0.2) is 47.7 Å². The van der Waals surface area contributed by atoms with Crippen LogP contribution in [0.4, 0.5) is 0 Å². The average Bonchev–Trinajstić information content (AvgIpc) is 3.23. The van der Waals surface area contributed by atoms with E-state index in [-0.39, 0.29) is 24.0 Å². The van der Waals surface area contributed by atoms with E-state index in [9.17, 15) is 0 Å². The summed E-state index contributed by atoms with van der Waals surface area (Å²) < 4.78 is 7.37. The molecule has 2 aromatic rings. The Bertz CT molecular complexity index is 731. The molecule has 1 unspecified atom stereocenters. The van der Waals surface area contributed by atoms with Gasteiger partial charge in [-0.15, -0.1) is 24.0 Å². The van der Waals surface area contributed by atoms with E-state index in [2.05, 4.69) is 56.8 Å². The molecule has 8 heteroatoms. The van der Waals surface area contributed by atoms with E-state index in [4.69, 9.17) is 4.74 Å². The number of hydrogen-bond acceptors (Lipinski definition) is 4. The fourth-order valence-corrected chi connectivity index (χ4v) is 3.41. The molecule has 1 saturated heterocycles. The second-order valence-corrected chi connectivity index (χ2v) is 7.30. The number of aromatic nitrogens is 2. The second kappa shape index (κ2) is 12.8. The summed E-state index contributed by atoms with van der Waals surface area (Å²) >= 11 is 0. The predicted octanol–water partition coefficient (Wildman–Crippen LogP) is 2.18. The summed E-state index contributed by atoms with van der Waals surface area (Å²) in [7, 11) is 1.82. The lowest BCUT2D eigenvalue weighted by Crippen LogP contribution is -2.43. The Labute approximate surface area is 190 Å². The minimum Gasteiger partial charge on any atom is -0.379 e. The number of guanidine groups is 1. The number of rotatable bonds is 8. The van der Waals surface area contributed by atoms with Crippen molar-refractivity contribution in [1.82, 2.24) is 25.3 Å². The van der Waals surface area contributed by atoms with Crippen molar-refractivity contribution in [3.05, 3.63) is 53.9 Å². The van der Waals surface area contributed by atoms with Gasteiger partial charge in [-0.25, -0.2) is 0 Å². The topological polar surface area (TPSA) is 66.7 Å². The highest BCUT2D eigenvalue weighted by Crippen LogP contribution is 2.10. The molecule has 160 valence electrons. The van der Waals surface area contributed by atoms with Gasteiger partial charge in [0.25, 0.3) is 0 Å². The molecular weight excluding hydrogens is 479 g/mol. The van der Waals surface area contributed by atoms with Crippen LogP contribution in [0.25, 0.3) is 0 Å². The van der Waals surface area contributed by atoms with E-state index in [0.717, 1.165) is 58.4 Å². The fourth-order valence-electron chi connectivity index (χ4n) is 3.41. The van der Waals surface area contributed by atoms with Crippen LogP contribution in [0.3, 0.4) is 0 Å². The zero-order valence-corrected chi connectivity index (χ0v) is 19.7. The van der Waals surface area contributed by atoms with Crippen LogP contribution in [0.1, 0.15) is 18.1 Å². The first-order valence-corrected chi connectivity index (χ1v) is 10.0. The number of hydrogen-bond donors (Lipinski definition) is 2. The Hall–Kier alpha value is -1.65. The molecule has 1 aliphatic heterocycles. The van der Waals surface area contributed by atoms with E-state index >= 15 is 0 Å². The lowest BCUT2D eigenvalue weighted by molar-refractivity contribution is 0.0320. The first-order chi connectivity index (χ1) is 13.7. The largest absolute Gasteiger partial charge is 0.379 e. The van der Waals surface area contributed by atoms with E-state index in [1.54, 1.807) is 0 Å². The molecule has 1 aliphatic rings. The van der Waals surface area contributed by atoms with Crippen LogP contribution in [0, 0.1) is 5.92 Å². The molecule has 1 atom stereocenters. The van der Waals surface area contributed by atoms with Crippen molar-refractivity contribution >= 4 is 29.9 Å². The first kappa shape index (κ1) is 23.6. The number of morpholine rings is 1. The van der Waals surface area contributed by atoms with Crippen LogP contribution in [0.2, 0.25) is 0 Å². The summed E-state index contributed by atoms with van der Waals surface area (Å²) in [6.45, 7) is 9.51. The normalized spacial score (nSPS) is 16.1. The van der Waals surface area contributed by atoms with Gasteiger partial charge in [0.2, 0.25) is 0 Å². The van der Waals surface area contributed by atoms with E-state index in [1.807, 2.05) is 30.2 Å². The summed E-state index contributed by atoms with van der Waals surface area (Å²) in [5.41, 5.74) is 2.51. The summed E-state index contributed by atoms with van der Waals surface area (Å²) in [4.78, 5) is 6.84. The van der Waals surface area contributed by atoms with Gasteiger partial charge in [0.1, 0.15) is 0 Å². The number of halogens is 1. The molecule has 0 amide bonds. The number of benzene rings is 1. The molecule has 3 rings (SSSR count). The summed E-state index contributed by atoms with van der Waals surface area (Å²) in [5.74, 6) is 1.38. The van der Waals surface area contributed by atoms with E-state index in [1.165, 1.54) is 11.1 Å². The van der Waals surface area contributed by atoms with Crippen molar-refractivity contribution in [2.45, 2.75) is 20.0 Å². The Kier molecular flexibility index (Phi) is 10.4. The molecule has 1 aromatic heterocycles. The monoisotopic (exact) mass is 512 g/mol. The first-order valence-electron chi connectivity index (χ1n) is 10.0. The van der Waals surface area contributed by atoms with Crippen molar-refractivity contribution in [2.24, 2.45) is 10.9 Å². The zero-order valence-electron chi connectivity index (χ0n) is 17.4. The maximum atomic E-state index is 5.42. The van der Waals surface area contributed by atoms with Gasteiger partial charge in [-0.2, -0.15) is 5.10 Å². The predicted molar refractivity (Wildman–Crippen MR) is 128 cm³/mol. The smallest absolute Gasteiger partial charge is 0.191 e. The molecule has 0 saturated carbocycles. The van der Waals surface area contributed by atoms with Gasteiger partial charge in [-0.3, -0.25) is 14.6 Å². The van der Waals surface area contributed by atoms with Gasteiger partial charge >= 0.3 is 0 Å². The van der Waals surface area contributed by atoms with Crippen molar-refractivity contribution < 1.29 is 4.74 Å². The Morgan fingerprint density at radius 2 is 1.93 bits per heavy atom. The summed E-state index contributed by atoms with van der Waals surface area (Å²) in [6, 6.07) is 10.4. The number of nitrogens with zero attached hydrogens (tertiary/aromatic N) is 4. The van der Waals surface area contributed by atoms with E-state index in [0.29, 0.717) is 5.92 Å². The third kappa shape index (κ3) is 7.94. The molecule has 1 fully saturated rings.